The first-order valence-electron chi connectivity index (χ1n) is 11.3. The van der Waals surface area contributed by atoms with Crippen molar-refractivity contribution in [2.24, 2.45) is 5.92 Å². The highest BCUT2D eigenvalue weighted by molar-refractivity contribution is 7.89. The van der Waals surface area contributed by atoms with Crippen LogP contribution in [0.5, 0.6) is 0 Å². The highest BCUT2D eigenvalue weighted by Gasteiger charge is 2.31. The summed E-state index contributed by atoms with van der Waals surface area (Å²) in [6, 6.07) is 3.43. The Morgan fingerprint density at radius 2 is 1.81 bits per heavy atom. The molecular weight excluding hydrogens is 444 g/mol. The average molecular weight is 477 g/mol. The van der Waals surface area contributed by atoms with Crippen molar-refractivity contribution in [1.29, 1.82) is 0 Å². The number of hydrogen-bond acceptors (Lipinski definition) is 6. The van der Waals surface area contributed by atoms with Gasteiger partial charge in [-0.15, -0.1) is 11.3 Å². The van der Waals surface area contributed by atoms with E-state index in [0.717, 1.165) is 48.6 Å². The summed E-state index contributed by atoms with van der Waals surface area (Å²) in [5.41, 5.74) is 2.02. The molecule has 0 N–H and O–H groups in total. The second-order valence-electron chi connectivity index (χ2n) is 8.95. The van der Waals surface area contributed by atoms with Crippen molar-refractivity contribution in [2.45, 2.75) is 44.9 Å². The molecule has 9 heteroatoms. The van der Waals surface area contributed by atoms with Crippen molar-refractivity contribution in [3.05, 3.63) is 40.4 Å². The van der Waals surface area contributed by atoms with Crippen molar-refractivity contribution in [1.82, 2.24) is 14.2 Å². The van der Waals surface area contributed by atoms with Crippen LogP contribution in [0.1, 0.15) is 47.7 Å². The van der Waals surface area contributed by atoms with Gasteiger partial charge in [-0.3, -0.25) is 4.79 Å². The van der Waals surface area contributed by atoms with Crippen molar-refractivity contribution >= 4 is 32.4 Å². The van der Waals surface area contributed by atoms with E-state index < -0.39 is 10.0 Å². The van der Waals surface area contributed by atoms with Gasteiger partial charge in [-0.2, -0.15) is 4.31 Å². The number of amides is 1. The number of hydrogen-bond donors (Lipinski definition) is 0. The Hall–Kier alpha value is -1.97. The minimum atomic E-state index is -3.62. The van der Waals surface area contributed by atoms with Crippen LogP contribution < -0.4 is 4.90 Å². The third kappa shape index (κ3) is 4.70. The Bertz CT molecular complexity index is 1060. The Balaban J connectivity index is 1.56. The molecule has 2 aliphatic heterocycles. The number of sulfonamides is 1. The van der Waals surface area contributed by atoms with Crippen molar-refractivity contribution in [3.8, 4) is 0 Å². The van der Waals surface area contributed by atoms with Gasteiger partial charge in [0.25, 0.3) is 5.91 Å². The Morgan fingerprint density at radius 1 is 1.06 bits per heavy atom. The average Bonchev–Trinajstić information content (AvgIpc) is 3.20. The number of benzene rings is 1. The molecule has 7 nitrogen and oxygen atoms in total. The van der Waals surface area contributed by atoms with Gasteiger partial charge in [-0.25, -0.2) is 13.4 Å². The molecule has 174 valence electrons. The van der Waals surface area contributed by atoms with E-state index in [1.54, 1.807) is 27.9 Å². The molecular formula is C23H32N4O3S2. The van der Waals surface area contributed by atoms with Gasteiger partial charge in [0.05, 0.1) is 4.90 Å². The smallest absolute Gasteiger partial charge is 0.253 e. The number of anilines is 1. The van der Waals surface area contributed by atoms with E-state index in [1.807, 2.05) is 30.2 Å². The zero-order chi connectivity index (χ0) is 22.9. The minimum absolute atomic E-state index is 0.0993. The summed E-state index contributed by atoms with van der Waals surface area (Å²) in [6.07, 6.45) is 4.40. The number of aromatic nitrogens is 1. The van der Waals surface area contributed by atoms with Crippen LogP contribution in [0.2, 0.25) is 0 Å². The molecule has 0 bridgehead atoms. The molecule has 0 atom stereocenters. The standard InChI is InChI=1S/C23H32N4O3S2/c1-17-5-10-27(11-6-17)32(29,30)21-16-20(15-18(2)19(21)3)22(28)25-8-4-9-26(13-12-25)23-24-7-14-31-23/h7,14-17H,4-6,8-13H2,1-3H3. The first kappa shape index (κ1) is 23.2. The van der Waals surface area contributed by atoms with Gasteiger partial charge in [-0.05, 0) is 62.3 Å². The van der Waals surface area contributed by atoms with Gasteiger partial charge in [0.1, 0.15) is 0 Å². The van der Waals surface area contributed by atoms with Gasteiger partial charge < -0.3 is 9.80 Å². The number of thiazole rings is 1. The predicted octanol–water partition coefficient (Wildman–Crippen LogP) is 3.53. The SMILES string of the molecule is Cc1cc(C(=O)N2CCCN(c3nccs3)CC2)cc(S(=O)(=O)N2CCC(C)CC2)c1C. The van der Waals surface area contributed by atoms with E-state index in [2.05, 4.69) is 16.8 Å². The molecule has 0 aliphatic carbocycles. The van der Waals surface area contributed by atoms with Gasteiger partial charge in [0.15, 0.2) is 5.13 Å². The fraction of sp³-hybridized carbons (Fsp3) is 0.565. The molecule has 0 unspecified atom stereocenters. The molecule has 3 heterocycles. The second kappa shape index (κ2) is 9.49. The van der Waals surface area contributed by atoms with Gasteiger partial charge >= 0.3 is 0 Å². The van der Waals surface area contributed by atoms with Crippen LogP contribution in [-0.4, -0.2) is 67.8 Å². The number of carbonyl (C=O) groups is 1. The van der Waals surface area contributed by atoms with E-state index in [0.29, 0.717) is 37.7 Å². The fourth-order valence-corrected chi connectivity index (χ4v) is 6.94. The number of piperidine rings is 1. The Morgan fingerprint density at radius 3 is 2.50 bits per heavy atom. The van der Waals surface area contributed by atoms with E-state index in [-0.39, 0.29) is 10.8 Å². The van der Waals surface area contributed by atoms with Gasteiger partial charge in [0.2, 0.25) is 10.0 Å². The maximum atomic E-state index is 13.4. The third-order valence-corrected chi connectivity index (χ3v) is 9.56. The summed E-state index contributed by atoms with van der Waals surface area (Å²) in [4.78, 5) is 22.1. The van der Waals surface area contributed by atoms with Crippen LogP contribution in [0.3, 0.4) is 0 Å². The molecule has 2 aromatic rings. The van der Waals surface area contributed by atoms with Gasteiger partial charge in [0, 0.05) is 56.4 Å². The highest BCUT2D eigenvalue weighted by Crippen LogP contribution is 2.29. The summed E-state index contributed by atoms with van der Waals surface area (Å²) < 4.78 is 28.5. The molecule has 0 saturated carbocycles. The molecule has 2 fully saturated rings. The van der Waals surface area contributed by atoms with Crippen molar-refractivity contribution in [3.63, 3.8) is 0 Å². The zero-order valence-electron chi connectivity index (χ0n) is 19.1. The largest absolute Gasteiger partial charge is 0.346 e. The first-order valence-corrected chi connectivity index (χ1v) is 13.6. The Kier molecular flexibility index (Phi) is 6.88. The zero-order valence-corrected chi connectivity index (χ0v) is 20.7. The monoisotopic (exact) mass is 476 g/mol. The van der Waals surface area contributed by atoms with Crippen LogP contribution in [0.4, 0.5) is 5.13 Å². The van der Waals surface area contributed by atoms with E-state index in [9.17, 15) is 13.2 Å². The summed E-state index contributed by atoms with van der Waals surface area (Å²) in [6.45, 7) is 9.79. The lowest BCUT2D eigenvalue weighted by Gasteiger charge is -2.30. The molecule has 0 spiro atoms. The van der Waals surface area contributed by atoms with Crippen LogP contribution in [0, 0.1) is 19.8 Å². The summed E-state index contributed by atoms with van der Waals surface area (Å²) >= 11 is 1.61. The quantitative estimate of drug-likeness (QED) is 0.675. The van der Waals surface area contributed by atoms with Crippen LogP contribution >= 0.6 is 11.3 Å². The summed E-state index contributed by atoms with van der Waals surface area (Å²) in [7, 11) is -3.62. The van der Waals surface area contributed by atoms with Gasteiger partial charge in [-0.1, -0.05) is 6.92 Å². The number of aryl methyl sites for hydroxylation is 1. The number of nitrogens with zero attached hydrogens (tertiary/aromatic N) is 4. The van der Waals surface area contributed by atoms with E-state index in [4.69, 9.17) is 0 Å². The summed E-state index contributed by atoms with van der Waals surface area (Å²) in [5, 5.41) is 2.94. The normalized spacial score (nSPS) is 19.2. The molecule has 1 aromatic carbocycles. The lowest BCUT2D eigenvalue weighted by atomic mass is 10.0. The van der Waals surface area contributed by atoms with Crippen LogP contribution in [-0.2, 0) is 10.0 Å². The molecule has 32 heavy (non-hydrogen) atoms. The van der Waals surface area contributed by atoms with Crippen molar-refractivity contribution in [2.75, 3.05) is 44.2 Å². The van der Waals surface area contributed by atoms with Crippen LogP contribution in [0.15, 0.2) is 28.6 Å². The number of carbonyl (C=O) groups excluding carboxylic acids is 1. The first-order chi connectivity index (χ1) is 15.3. The van der Waals surface area contributed by atoms with E-state index >= 15 is 0 Å². The second-order valence-corrected chi connectivity index (χ2v) is 11.7. The third-order valence-electron chi connectivity index (χ3n) is 6.70. The maximum absolute atomic E-state index is 13.4. The predicted molar refractivity (Wildman–Crippen MR) is 128 cm³/mol. The fourth-order valence-electron chi connectivity index (χ4n) is 4.45. The highest BCUT2D eigenvalue weighted by atomic mass is 32.2. The minimum Gasteiger partial charge on any atom is -0.346 e. The molecule has 1 aromatic heterocycles. The lowest BCUT2D eigenvalue weighted by Crippen LogP contribution is -2.38. The Labute approximate surface area is 195 Å². The molecule has 2 saturated heterocycles. The summed E-state index contributed by atoms with van der Waals surface area (Å²) in [5.74, 6) is 0.446. The molecule has 2 aliphatic rings. The topological polar surface area (TPSA) is 73.8 Å². The van der Waals surface area contributed by atoms with Crippen molar-refractivity contribution < 1.29 is 13.2 Å². The molecule has 4 rings (SSSR count). The molecule has 1 amide bonds. The van der Waals surface area contributed by atoms with Crippen LogP contribution in [0.25, 0.3) is 0 Å². The lowest BCUT2D eigenvalue weighted by molar-refractivity contribution is 0.0766. The van der Waals surface area contributed by atoms with E-state index in [1.165, 1.54) is 0 Å². The molecule has 0 radical (unpaired) electrons. The maximum Gasteiger partial charge on any atom is 0.253 e. The number of rotatable bonds is 4.